The Bertz CT molecular complexity index is 468. The van der Waals surface area contributed by atoms with E-state index in [0.717, 1.165) is 6.42 Å². The molecule has 1 aromatic heterocycles. The van der Waals surface area contributed by atoms with Crippen molar-refractivity contribution < 1.29 is 14.7 Å². The minimum absolute atomic E-state index is 0.00561. The first-order valence-corrected chi connectivity index (χ1v) is 6.41. The zero-order valence-electron chi connectivity index (χ0n) is 11.8. The first kappa shape index (κ1) is 15.1. The van der Waals surface area contributed by atoms with Crippen molar-refractivity contribution >= 4 is 17.7 Å². The van der Waals surface area contributed by atoms with Gasteiger partial charge in [0.15, 0.2) is 0 Å². The number of urea groups is 1. The Morgan fingerprint density at radius 1 is 1.47 bits per heavy atom. The highest BCUT2D eigenvalue weighted by Crippen LogP contribution is 2.18. The highest BCUT2D eigenvalue weighted by Gasteiger charge is 2.20. The second-order valence-electron chi connectivity index (χ2n) is 4.52. The van der Waals surface area contributed by atoms with Gasteiger partial charge in [0.25, 0.3) is 0 Å². The number of carboxylic acids is 1. The van der Waals surface area contributed by atoms with Crippen molar-refractivity contribution in [1.29, 1.82) is 0 Å². The third-order valence-corrected chi connectivity index (χ3v) is 3.13. The molecule has 0 spiro atoms. The number of aryl methyl sites for hydroxylation is 1. The maximum Gasteiger partial charge on any atom is 0.354 e. The molecular weight excluding hydrogens is 246 g/mol. The van der Waals surface area contributed by atoms with Crippen molar-refractivity contribution in [3.05, 3.63) is 17.5 Å². The Kier molecular flexibility index (Phi) is 4.97. The Morgan fingerprint density at radius 3 is 2.58 bits per heavy atom. The molecule has 6 heteroatoms. The number of nitrogens with one attached hydrogen (secondary N) is 2. The van der Waals surface area contributed by atoms with Crippen molar-refractivity contribution in [3.63, 3.8) is 0 Å². The van der Waals surface area contributed by atoms with Gasteiger partial charge >= 0.3 is 12.0 Å². The lowest BCUT2D eigenvalue weighted by Gasteiger charge is -2.27. The van der Waals surface area contributed by atoms with E-state index in [1.165, 1.54) is 0 Å². The smallest absolute Gasteiger partial charge is 0.354 e. The second-order valence-corrected chi connectivity index (χ2v) is 4.52. The number of amides is 2. The fourth-order valence-electron chi connectivity index (χ4n) is 1.92. The monoisotopic (exact) mass is 267 g/mol. The van der Waals surface area contributed by atoms with Gasteiger partial charge in [-0.1, -0.05) is 6.92 Å². The first-order valence-electron chi connectivity index (χ1n) is 6.41. The lowest BCUT2D eigenvalue weighted by molar-refractivity contribution is 0.0692. The van der Waals surface area contributed by atoms with Gasteiger partial charge in [-0.25, -0.2) is 9.59 Å². The minimum Gasteiger partial charge on any atom is -0.477 e. The van der Waals surface area contributed by atoms with Gasteiger partial charge in [0.2, 0.25) is 0 Å². The molecule has 6 nitrogen and oxygen atoms in total. The SMILES string of the molecule is CCC(C)N(CC)C(=O)Nc1cc(C)[nH]c1C(=O)O. The van der Waals surface area contributed by atoms with Crippen molar-refractivity contribution in [1.82, 2.24) is 9.88 Å². The van der Waals surface area contributed by atoms with Crippen LogP contribution in [0.5, 0.6) is 0 Å². The molecule has 1 unspecified atom stereocenters. The van der Waals surface area contributed by atoms with Gasteiger partial charge in [-0.2, -0.15) is 0 Å². The summed E-state index contributed by atoms with van der Waals surface area (Å²) in [7, 11) is 0. The molecule has 106 valence electrons. The molecule has 0 aromatic carbocycles. The van der Waals surface area contributed by atoms with Crippen LogP contribution in [-0.2, 0) is 0 Å². The van der Waals surface area contributed by atoms with Crippen LogP contribution in [0.15, 0.2) is 6.07 Å². The highest BCUT2D eigenvalue weighted by atomic mass is 16.4. The Labute approximate surface area is 112 Å². The molecule has 1 heterocycles. The topological polar surface area (TPSA) is 85.4 Å². The molecule has 1 rings (SSSR count). The third-order valence-electron chi connectivity index (χ3n) is 3.13. The van der Waals surface area contributed by atoms with E-state index >= 15 is 0 Å². The number of carbonyl (C=O) groups excluding carboxylic acids is 1. The van der Waals surface area contributed by atoms with Gasteiger partial charge in [-0.3, -0.25) is 0 Å². The number of H-pyrrole nitrogens is 1. The van der Waals surface area contributed by atoms with Gasteiger partial charge in [0.1, 0.15) is 5.69 Å². The lowest BCUT2D eigenvalue weighted by atomic mass is 10.2. The molecule has 19 heavy (non-hydrogen) atoms. The zero-order chi connectivity index (χ0) is 14.6. The van der Waals surface area contributed by atoms with Crippen molar-refractivity contribution in [2.45, 2.75) is 40.2 Å². The van der Waals surface area contributed by atoms with E-state index in [0.29, 0.717) is 17.9 Å². The van der Waals surface area contributed by atoms with Crippen molar-refractivity contribution in [2.24, 2.45) is 0 Å². The summed E-state index contributed by atoms with van der Waals surface area (Å²) in [5.74, 6) is -1.09. The quantitative estimate of drug-likeness (QED) is 0.766. The molecule has 0 aliphatic heterocycles. The summed E-state index contributed by atoms with van der Waals surface area (Å²) >= 11 is 0. The number of aromatic amines is 1. The molecule has 1 aromatic rings. The number of aromatic carboxylic acids is 1. The fourth-order valence-corrected chi connectivity index (χ4v) is 1.92. The number of carbonyl (C=O) groups is 2. The molecule has 0 bridgehead atoms. The third kappa shape index (κ3) is 3.49. The molecule has 0 aliphatic rings. The summed E-state index contributed by atoms with van der Waals surface area (Å²) in [5, 5.41) is 11.7. The van der Waals surface area contributed by atoms with Gasteiger partial charge < -0.3 is 20.3 Å². The summed E-state index contributed by atoms with van der Waals surface area (Å²) in [6, 6.07) is 1.45. The zero-order valence-corrected chi connectivity index (χ0v) is 11.8. The first-order chi connectivity index (χ1) is 8.90. The van der Waals surface area contributed by atoms with Gasteiger partial charge in [0, 0.05) is 18.3 Å². The molecule has 0 aliphatic carbocycles. The number of hydrogen-bond donors (Lipinski definition) is 3. The Hall–Kier alpha value is -1.98. The van der Waals surface area contributed by atoms with Crippen molar-refractivity contribution in [2.75, 3.05) is 11.9 Å². The number of carboxylic acid groups (broad SMARTS) is 1. The van der Waals surface area contributed by atoms with Gasteiger partial charge in [0.05, 0.1) is 5.69 Å². The van der Waals surface area contributed by atoms with Crippen LogP contribution < -0.4 is 5.32 Å². The molecule has 0 saturated heterocycles. The maximum absolute atomic E-state index is 12.1. The van der Waals surface area contributed by atoms with Crippen molar-refractivity contribution in [3.8, 4) is 0 Å². The Balaban J connectivity index is 2.89. The summed E-state index contributed by atoms with van der Waals surface area (Å²) in [5.41, 5.74) is 1.00. The number of rotatable bonds is 5. The molecule has 0 radical (unpaired) electrons. The van der Waals surface area contributed by atoms with Gasteiger partial charge in [-0.15, -0.1) is 0 Å². The highest BCUT2D eigenvalue weighted by molar-refractivity contribution is 5.99. The summed E-state index contributed by atoms with van der Waals surface area (Å²) in [6.45, 7) is 8.18. The molecule has 0 fully saturated rings. The van der Waals surface area contributed by atoms with E-state index in [9.17, 15) is 9.59 Å². The van der Waals surface area contributed by atoms with Crippen LogP contribution in [0, 0.1) is 6.92 Å². The Morgan fingerprint density at radius 2 is 2.11 bits per heavy atom. The van der Waals surface area contributed by atoms with E-state index < -0.39 is 5.97 Å². The van der Waals surface area contributed by atoms with Crippen LogP contribution >= 0.6 is 0 Å². The average Bonchev–Trinajstić information content (AvgIpc) is 2.70. The molecular formula is C13H21N3O3. The fraction of sp³-hybridized carbons (Fsp3) is 0.538. The number of nitrogens with zero attached hydrogens (tertiary/aromatic N) is 1. The van der Waals surface area contributed by atoms with E-state index in [1.54, 1.807) is 17.9 Å². The molecule has 0 saturated carbocycles. The van der Waals surface area contributed by atoms with E-state index in [1.807, 2.05) is 20.8 Å². The van der Waals surface area contributed by atoms with E-state index in [2.05, 4.69) is 10.3 Å². The summed E-state index contributed by atoms with van der Waals surface area (Å²) in [6.07, 6.45) is 0.846. The van der Waals surface area contributed by atoms with E-state index in [4.69, 9.17) is 5.11 Å². The van der Waals surface area contributed by atoms with Gasteiger partial charge in [-0.05, 0) is 33.3 Å². The molecule has 1 atom stereocenters. The largest absolute Gasteiger partial charge is 0.477 e. The normalized spacial score (nSPS) is 12.0. The van der Waals surface area contributed by atoms with Crippen LogP contribution in [0.4, 0.5) is 10.5 Å². The average molecular weight is 267 g/mol. The minimum atomic E-state index is -1.09. The van der Waals surface area contributed by atoms with Crippen LogP contribution in [-0.4, -0.2) is 39.6 Å². The molecule has 2 amide bonds. The molecule has 3 N–H and O–H groups in total. The predicted octanol–water partition coefficient (Wildman–Crippen LogP) is 2.67. The van der Waals surface area contributed by atoms with Crippen LogP contribution in [0.25, 0.3) is 0 Å². The standard InChI is InChI=1S/C13H21N3O3/c1-5-9(4)16(6-2)13(19)15-10-7-8(3)14-11(10)12(17)18/h7,9,14H,5-6H2,1-4H3,(H,15,19)(H,17,18). The second kappa shape index (κ2) is 6.26. The van der Waals surface area contributed by atoms with Crippen LogP contribution in [0.1, 0.15) is 43.4 Å². The maximum atomic E-state index is 12.1. The predicted molar refractivity (Wildman–Crippen MR) is 73.6 cm³/mol. The van der Waals surface area contributed by atoms with Crippen LogP contribution in [0.2, 0.25) is 0 Å². The number of anilines is 1. The lowest BCUT2D eigenvalue weighted by Crippen LogP contribution is -2.41. The van der Waals surface area contributed by atoms with E-state index in [-0.39, 0.29) is 17.8 Å². The number of aromatic nitrogens is 1. The summed E-state index contributed by atoms with van der Waals surface area (Å²) in [4.78, 5) is 27.6. The van der Waals surface area contributed by atoms with Crippen LogP contribution in [0.3, 0.4) is 0 Å². The summed E-state index contributed by atoms with van der Waals surface area (Å²) < 4.78 is 0. The number of hydrogen-bond acceptors (Lipinski definition) is 2.